The molecule has 0 bridgehead atoms. The third kappa shape index (κ3) is 5.47. The second-order valence-corrected chi connectivity index (χ2v) is 13.7. The van der Waals surface area contributed by atoms with E-state index in [1.54, 1.807) is 12.1 Å². The summed E-state index contributed by atoms with van der Waals surface area (Å²) < 4.78 is 42.5. The van der Waals surface area contributed by atoms with Gasteiger partial charge >= 0.3 is 10.2 Å². The molecule has 7 rings (SSSR count). The van der Waals surface area contributed by atoms with Gasteiger partial charge in [0.2, 0.25) is 0 Å². The summed E-state index contributed by atoms with van der Waals surface area (Å²) in [5.41, 5.74) is 6.17. The fourth-order valence-corrected chi connectivity index (χ4v) is 8.26. The average molecular weight is 619 g/mol. The standard InChI is InChI=1S/C33H38N4O6S/c38-32(34-44(40,41)36-14-18-43-19-15-36)25-10-11-28-29(21-25)37-22-26(33(39)35-12-16-42-17-13-35)20-24-8-4-5-9-27(24)31(37)30(28)23-6-2-1-3-7-23/h4-5,8-11,20-21,23H,1-3,6-7,12-19,22H2,(H,34,38). The third-order valence-corrected chi connectivity index (χ3v) is 10.8. The minimum Gasteiger partial charge on any atom is -0.379 e. The molecule has 3 aromatic rings. The molecule has 0 atom stereocenters. The summed E-state index contributed by atoms with van der Waals surface area (Å²) in [4.78, 5) is 29.2. The van der Waals surface area contributed by atoms with Gasteiger partial charge in [-0.3, -0.25) is 9.59 Å². The number of ether oxygens (including phenoxy) is 2. The lowest BCUT2D eigenvalue weighted by molar-refractivity contribution is -0.131. The molecular formula is C33H38N4O6S. The van der Waals surface area contributed by atoms with Crippen molar-refractivity contribution in [3.05, 3.63) is 64.7 Å². The Labute approximate surface area is 257 Å². The molecule has 3 aliphatic heterocycles. The Hall–Kier alpha value is -3.51. The number of rotatable bonds is 5. The molecule has 1 N–H and O–H groups in total. The Balaban J connectivity index is 1.35. The predicted molar refractivity (Wildman–Crippen MR) is 167 cm³/mol. The molecule has 0 radical (unpaired) electrons. The Morgan fingerprint density at radius 1 is 0.864 bits per heavy atom. The molecule has 1 aromatic heterocycles. The van der Waals surface area contributed by atoms with Crippen LogP contribution in [0.15, 0.2) is 48.0 Å². The first-order valence-electron chi connectivity index (χ1n) is 15.6. The smallest absolute Gasteiger partial charge is 0.304 e. The minimum absolute atomic E-state index is 0.0116. The summed E-state index contributed by atoms with van der Waals surface area (Å²) in [7, 11) is -4.01. The molecule has 4 aliphatic rings. The zero-order valence-corrected chi connectivity index (χ0v) is 25.6. The molecule has 44 heavy (non-hydrogen) atoms. The number of aromatic nitrogens is 1. The SMILES string of the molecule is O=C(NS(=O)(=O)N1CCOCC1)c1ccc2c(C3CCCCC3)c3n(c2c1)CC(C(=O)N1CCOCC1)=Cc1ccccc1-3. The summed E-state index contributed by atoms with van der Waals surface area (Å²) in [6.07, 6.45) is 7.74. The summed E-state index contributed by atoms with van der Waals surface area (Å²) >= 11 is 0. The van der Waals surface area contributed by atoms with Gasteiger partial charge in [-0.1, -0.05) is 49.6 Å². The van der Waals surface area contributed by atoms with E-state index in [1.165, 1.54) is 16.3 Å². The van der Waals surface area contributed by atoms with Crippen molar-refractivity contribution in [2.24, 2.45) is 0 Å². The average Bonchev–Trinajstić information content (AvgIpc) is 3.27. The van der Waals surface area contributed by atoms with E-state index in [0.717, 1.165) is 53.4 Å². The Morgan fingerprint density at radius 2 is 1.57 bits per heavy atom. The van der Waals surface area contributed by atoms with E-state index in [9.17, 15) is 18.0 Å². The van der Waals surface area contributed by atoms with Gasteiger partial charge in [0.15, 0.2) is 0 Å². The highest BCUT2D eigenvalue weighted by Gasteiger charge is 2.32. The zero-order chi connectivity index (χ0) is 30.3. The van der Waals surface area contributed by atoms with Crippen LogP contribution in [-0.4, -0.2) is 86.6 Å². The van der Waals surface area contributed by atoms with Crippen molar-refractivity contribution in [3.8, 4) is 11.3 Å². The van der Waals surface area contributed by atoms with Gasteiger partial charge < -0.3 is 18.9 Å². The maximum absolute atomic E-state index is 13.9. The first-order valence-corrected chi connectivity index (χ1v) is 17.1. The van der Waals surface area contributed by atoms with Crippen LogP contribution in [0.4, 0.5) is 0 Å². The lowest BCUT2D eigenvalue weighted by Crippen LogP contribution is -2.48. The molecule has 0 spiro atoms. The molecule has 10 nitrogen and oxygen atoms in total. The van der Waals surface area contributed by atoms with E-state index in [2.05, 4.69) is 21.4 Å². The highest BCUT2D eigenvalue weighted by Crippen LogP contribution is 2.46. The van der Waals surface area contributed by atoms with Gasteiger partial charge in [-0.2, -0.15) is 12.7 Å². The lowest BCUT2D eigenvalue weighted by atomic mass is 9.81. The number of carbonyl (C=O) groups excluding carboxylic acids is 2. The van der Waals surface area contributed by atoms with Crippen LogP contribution in [0.3, 0.4) is 0 Å². The third-order valence-electron chi connectivity index (χ3n) is 9.36. The number of morpholine rings is 2. The highest BCUT2D eigenvalue weighted by atomic mass is 32.2. The molecule has 11 heteroatoms. The molecule has 0 unspecified atom stereocenters. The normalized spacial score (nSPS) is 20.0. The van der Waals surface area contributed by atoms with Crippen molar-refractivity contribution in [3.63, 3.8) is 0 Å². The molecule has 1 saturated carbocycles. The number of fused-ring (bicyclic) bond motifs is 5. The Bertz CT molecular complexity index is 1730. The maximum Gasteiger partial charge on any atom is 0.304 e. The number of nitrogens with zero attached hydrogens (tertiary/aromatic N) is 3. The number of hydrogen-bond acceptors (Lipinski definition) is 6. The monoisotopic (exact) mass is 618 g/mol. The summed E-state index contributed by atoms with van der Waals surface area (Å²) in [5.74, 6) is -0.335. The second-order valence-electron chi connectivity index (χ2n) is 12.0. The minimum atomic E-state index is -4.01. The first-order chi connectivity index (χ1) is 21.4. The van der Waals surface area contributed by atoms with E-state index in [-0.39, 0.29) is 24.6 Å². The molecule has 3 fully saturated rings. The van der Waals surface area contributed by atoms with Crippen molar-refractivity contribution in [1.29, 1.82) is 0 Å². The van der Waals surface area contributed by atoms with Crippen LogP contribution in [0.2, 0.25) is 0 Å². The van der Waals surface area contributed by atoms with Crippen molar-refractivity contribution in [2.75, 3.05) is 52.6 Å². The number of benzene rings is 2. The first kappa shape index (κ1) is 29.2. The number of hydrogen-bond donors (Lipinski definition) is 1. The van der Waals surface area contributed by atoms with E-state index in [1.807, 2.05) is 29.2 Å². The van der Waals surface area contributed by atoms with Crippen molar-refractivity contribution < 1.29 is 27.5 Å². The maximum atomic E-state index is 13.9. The number of amides is 2. The molecule has 2 amide bonds. The quantitative estimate of drug-likeness (QED) is 0.464. The fourth-order valence-electron chi connectivity index (χ4n) is 7.15. The number of nitrogens with one attached hydrogen (secondary N) is 1. The van der Waals surface area contributed by atoms with Crippen LogP contribution in [-0.2, 0) is 31.0 Å². The summed E-state index contributed by atoms with van der Waals surface area (Å²) in [6, 6.07) is 13.7. The summed E-state index contributed by atoms with van der Waals surface area (Å²) in [6.45, 7) is 3.47. The molecule has 4 heterocycles. The van der Waals surface area contributed by atoms with Gasteiger partial charge in [0.1, 0.15) is 0 Å². The molecular weight excluding hydrogens is 580 g/mol. The molecule has 2 saturated heterocycles. The Morgan fingerprint density at radius 3 is 2.32 bits per heavy atom. The fraction of sp³-hybridized carbons (Fsp3) is 0.455. The van der Waals surface area contributed by atoms with Gasteiger partial charge in [0.25, 0.3) is 11.8 Å². The van der Waals surface area contributed by atoms with Crippen molar-refractivity contribution in [1.82, 2.24) is 18.5 Å². The van der Waals surface area contributed by atoms with E-state index >= 15 is 0 Å². The number of carbonyl (C=O) groups is 2. The van der Waals surface area contributed by atoms with E-state index < -0.39 is 16.1 Å². The van der Waals surface area contributed by atoms with E-state index in [0.29, 0.717) is 57.6 Å². The topological polar surface area (TPSA) is 110 Å². The van der Waals surface area contributed by atoms with Gasteiger partial charge in [0, 0.05) is 53.8 Å². The molecule has 1 aliphatic carbocycles. The van der Waals surface area contributed by atoms with Crippen LogP contribution < -0.4 is 4.72 Å². The van der Waals surface area contributed by atoms with Gasteiger partial charge in [-0.05, 0) is 48.1 Å². The second kappa shape index (κ2) is 12.1. The van der Waals surface area contributed by atoms with Crippen LogP contribution in [0.1, 0.15) is 59.5 Å². The van der Waals surface area contributed by atoms with Gasteiger partial charge in [0.05, 0.1) is 38.7 Å². The zero-order valence-electron chi connectivity index (χ0n) is 24.8. The van der Waals surface area contributed by atoms with Gasteiger partial charge in [-0.15, -0.1) is 0 Å². The highest BCUT2D eigenvalue weighted by molar-refractivity contribution is 7.87. The lowest BCUT2D eigenvalue weighted by Gasteiger charge is -2.28. The largest absolute Gasteiger partial charge is 0.379 e. The van der Waals surface area contributed by atoms with E-state index in [4.69, 9.17) is 9.47 Å². The van der Waals surface area contributed by atoms with Crippen molar-refractivity contribution >= 4 is 39.0 Å². The Kier molecular flexibility index (Phi) is 8.04. The van der Waals surface area contributed by atoms with Gasteiger partial charge in [-0.25, -0.2) is 4.72 Å². The molecule has 2 aromatic carbocycles. The van der Waals surface area contributed by atoms with Crippen LogP contribution in [0.5, 0.6) is 0 Å². The predicted octanol–water partition coefficient (Wildman–Crippen LogP) is 3.92. The van der Waals surface area contributed by atoms with Crippen LogP contribution in [0, 0.1) is 0 Å². The van der Waals surface area contributed by atoms with Crippen LogP contribution in [0.25, 0.3) is 28.2 Å². The van der Waals surface area contributed by atoms with Crippen LogP contribution >= 0.6 is 0 Å². The molecule has 232 valence electrons. The summed E-state index contributed by atoms with van der Waals surface area (Å²) in [5, 5.41) is 1.05. The van der Waals surface area contributed by atoms with Crippen molar-refractivity contribution in [2.45, 2.75) is 44.6 Å².